The number of carbonyl (C=O) groups is 1. The summed E-state index contributed by atoms with van der Waals surface area (Å²) in [5, 5.41) is 0. The van der Waals surface area contributed by atoms with Crippen LogP contribution in [0.3, 0.4) is 0 Å². The van der Waals surface area contributed by atoms with Gasteiger partial charge in [-0.25, -0.2) is 0 Å². The molecule has 0 aliphatic rings. The highest BCUT2D eigenvalue weighted by molar-refractivity contribution is 7.45. The summed E-state index contributed by atoms with van der Waals surface area (Å²) < 4.78 is 34.3. The van der Waals surface area contributed by atoms with E-state index in [0.29, 0.717) is 24.1 Å². The van der Waals surface area contributed by atoms with Crippen LogP contribution in [0.4, 0.5) is 0 Å². The minimum absolute atomic E-state index is 0.0303. The van der Waals surface area contributed by atoms with E-state index in [1.807, 2.05) is 21.1 Å². The fourth-order valence-electron chi connectivity index (χ4n) is 6.25. The van der Waals surface area contributed by atoms with Gasteiger partial charge in [0, 0.05) is 13.0 Å². The summed E-state index contributed by atoms with van der Waals surface area (Å²) in [6.45, 7) is 5.37. The number of unbranched alkanes of at least 4 members (excludes halogenated alkanes) is 27. The molecule has 0 radical (unpaired) electrons. The Labute approximate surface area is 317 Å². The van der Waals surface area contributed by atoms with Gasteiger partial charge in [-0.15, -0.1) is 0 Å². The van der Waals surface area contributed by atoms with Crippen molar-refractivity contribution >= 4 is 13.8 Å². The standard InChI is InChI=1S/C42H86NO7P/c1-6-8-10-12-13-14-15-16-17-18-19-20-21-22-23-24-25-26-27-28-29-30-32-34-37-47-39-41(50-42(44)35-33-31-11-9-7-2)40-49-51(45,46)48-38-36-43(3,4)5/h41H,6-40H2,1-5H3. The van der Waals surface area contributed by atoms with E-state index >= 15 is 0 Å². The average Bonchev–Trinajstić information content (AvgIpc) is 3.07. The smallest absolute Gasteiger partial charge is 0.306 e. The summed E-state index contributed by atoms with van der Waals surface area (Å²) in [5.74, 6) is -0.342. The molecule has 51 heavy (non-hydrogen) atoms. The minimum atomic E-state index is -4.50. The quantitative estimate of drug-likeness (QED) is 0.0266. The van der Waals surface area contributed by atoms with Crippen molar-refractivity contribution < 1.29 is 37.3 Å². The summed E-state index contributed by atoms with van der Waals surface area (Å²) >= 11 is 0. The van der Waals surface area contributed by atoms with Gasteiger partial charge < -0.3 is 27.9 Å². The van der Waals surface area contributed by atoms with Gasteiger partial charge in [0.1, 0.15) is 19.3 Å². The number of carbonyl (C=O) groups excluding carboxylic acids is 1. The number of hydrogen-bond donors (Lipinski definition) is 0. The van der Waals surface area contributed by atoms with Gasteiger partial charge in [-0.1, -0.05) is 187 Å². The topological polar surface area (TPSA) is 94.1 Å². The first kappa shape index (κ1) is 50.5. The molecule has 0 spiro atoms. The number of esters is 1. The number of phosphoric ester groups is 1. The average molecular weight is 748 g/mol. The van der Waals surface area contributed by atoms with Crippen LogP contribution in [-0.2, 0) is 27.9 Å². The maximum atomic E-state index is 12.4. The zero-order chi connectivity index (χ0) is 37.7. The monoisotopic (exact) mass is 748 g/mol. The number of likely N-dealkylation sites (N-methyl/N-ethyl adjacent to an activating group) is 1. The van der Waals surface area contributed by atoms with Gasteiger partial charge in [0.15, 0.2) is 0 Å². The third-order valence-electron chi connectivity index (χ3n) is 9.66. The molecule has 0 heterocycles. The van der Waals surface area contributed by atoms with E-state index in [2.05, 4.69) is 13.8 Å². The minimum Gasteiger partial charge on any atom is -0.756 e. The Hall–Kier alpha value is -0.500. The van der Waals surface area contributed by atoms with E-state index in [9.17, 15) is 14.3 Å². The van der Waals surface area contributed by atoms with Gasteiger partial charge in [0.25, 0.3) is 7.82 Å². The molecule has 0 aliphatic heterocycles. The largest absolute Gasteiger partial charge is 0.756 e. The van der Waals surface area contributed by atoms with Crippen molar-refractivity contribution in [2.24, 2.45) is 0 Å². The lowest BCUT2D eigenvalue weighted by Crippen LogP contribution is -2.37. The molecule has 306 valence electrons. The van der Waals surface area contributed by atoms with E-state index in [4.69, 9.17) is 18.5 Å². The predicted octanol–water partition coefficient (Wildman–Crippen LogP) is 11.9. The van der Waals surface area contributed by atoms with Crippen LogP contribution in [0.1, 0.15) is 206 Å². The first-order valence-corrected chi connectivity index (χ1v) is 23.2. The van der Waals surface area contributed by atoms with E-state index < -0.39 is 13.9 Å². The lowest BCUT2D eigenvalue weighted by Gasteiger charge is -2.28. The van der Waals surface area contributed by atoms with E-state index in [1.54, 1.807) is 0 Å². The highest BCUT2D eigenvalue weighted by Gasteiger charge is 2.20. The van der Waals surface area contributed by atoms with E-state index in [0.717, 1.165) is 44.9 Å². The number of hydrogen-bond acceptors (Lipinski definition) is 7. The molecule has 0 aliphatic carbocycles. The third-order valence-corrected chi connectivity index (χ3v) is 10.6. The van der Waals surface area contributed by atoms with Crippen LogP contribution in [0.5, 0.6) is 0 Å². The van der Waals surface area contributed by atoms with Crippen LogP contribution in [0, 0.1) is 0 Å². The maximum Gasteiger partial charge on any atom is 0.306 e. The summed E-state index contributed by atoms with van der Waals surface area (Å²) in [6, 6.07) is 0. The Bertz CT molecular complexity index is 792. The lowest BCUT2D eigenvalue weighted by atomic mass is 10.0. The fourth-order valence-corrected chi connectivity index (χ4v) is 6.98. The zero-order valence-corrected chi connectivity index (χ0v) is 35.5. The second kappa shape index (κ2) is 36.5. The van der Waals surface area contributed by atoms with Crippen molar-refractivity contribution in [1.82, 2.24) is 0 Å². The molecule has 0 fully saturated rings. The third kappa shape index (κ3) is 40.5. The molecule has 8 nitrogen and oxygen atoms in total. The molecule has 2 unspecified atom stereocenters. The molecule has 0 saturated carbocycles. The first-order valence-electron chi connectivity index (χ1n) is 21.8. The Morgan fingerprint density at radius 1 is 0.529 bits per heavy atom. The van der Waals surface area contributed by atoms with Crippen molar-refractivity contribution in [2.45, 2.75) is 213 Å². The summed E-state index contributed by atoms with van der Waals surface area (Å²) in [5.41, 5.74) is 0. The molecule has 0 aromatic heterocycles. The Kier molecular flexibility index (Phi) is 36.1. The van der Waals surface area contributed by atoms with Crippen LogP contribution in [0.25, 0.3) is 0 Å². The second-order valence-corrected chi connectivity index (χ2v) is 17.5. The molecule has 2 atom stereocenters. The van der Waals surface area contributed by atoms with Crippen molar-refractivity contribution in [1.29, 1.82) is 0 Å². The van der Waals surface area contributed by atoms with Gasteiger partial charge in [0.05, 0.1) is 34.4 Å². The van der Waals surface area contributed by atoms with Gasteiger partial charge in [-0.2, -0.15) is 0 Å². The van der Waals surface area contributed by atoms with E-state index in [-0.39, 0.29) is 25.8 Å². The van der Waals surface area contributed by atoms with Gasteiger partial charge in [-0.05, 0) is 12.8 Å². The molecule has 0 aromatic rings. The van der Waals surface area contributed by atoms with Crippen LogP contribution in [0.15, 0.2) is 0 Å². The molecule has 0 N–H and O–H groups in total. The molecule has 0 aromatic carbocycles. The number of rotatable bonds is 41. The number of quaternary nitrogens is 1. The Morgan fingerprint density at radius 3 is 1.29 bits per heavy atom. The second-order valence-electron chi connectivity index (χ2n) is 16.1. The fraction of sp³-hybridized carbons (Fsp3) is 0.976. The first-order chi connectivity index (χ1) is 24.6. The highest BCUT2D eigenvalue weighted by atomic mass is 31.2. The molecule has 0 amide bonds. The number of nitrogens with zero attached hydrogens (tertiary/aromatic N) is 1. The molecule has 9 heteroatoms. The summed E-state index contributed by atoms with van der Waals surface area (Å²) in [6.07, 6.45) is 37.4. The Balaban J connectivity index is 3.85. The molecular weight excluding hydrogens is 661 g/mol. The molecule has 0 rings (SSSR count). The van der Waals surface area contributed by atoms with Gasteiger partial charge in [-0.3, -0.25) is 9.36 Å². The van der Waals surface area contributed by atoms with Crippen molar-refractivity contribution in [3.05, 3.63) is 0 Å². The van der Waals surface area contributed by atoms with Crippen LogP contribution in [-0.4, -0.2) is 70.7 Å². The lowest BCUT2D eigenvalue weighted by molar-refractivity contribution is -0.870. The summed E-state index contributed by atoms with van der Waals surface area (Å²) in [7, 11) is 1.37. The summed E-state index contributed by atoms with van der Waals surface area (Å²) in [4.78, 5) is 24.7. The van der Waals surface area contributed by atoms with Crippen molar-refractivity contribution in [2.75, 3.05) is 54.1 Å². The SMILES string of the molecule is CCCCCCCCCCCCCCCCCCCCCCCCCCOCC(COP(=O)([O-])OCC[N+](C)(C)C)OC(=O)CCCCCCC. The number of phosphoric acid groups is 1. The Morgan fingerprint density at radius 2 is 0.902 bits per heavy atom. The highest BCUT2D eigenvalue weighted by Crippen LogP contribution is 2.38. The predicted molar refractivity (Wildman–Crippen MR) is 213 cm³/mol. The molecule has 0 saturated heterocycles. The zero-order valence-electron chi connectivity index (χ0n) is 34.6. The van der Waals surface area contributed by atoms with Crippen LogP contribution in [0.2, 0.25) is 0 Å². The molecule has 0 bridgehead atoms. The van der Waals surface area contributed by atoms with Gasteiger partial charge >= 0.3 is 5.97 Å². The maximum absolute atomic E-state index is 12.4. The molecular formula is C42H86NO7P. The number of ether oxygens (including phenoxy) is 2. The van der Waals surface area contributed by atoms with Crippen LogP contribution >= 0.6 is 7.82 Å². The normalized spacial score (nSPS) is 13.8. The van der Waals surface area contributed by atoms with Crippen molar-refractivity contribution in [3.8, 4) is 0 Å². The van der Waals surface area contributed by atoms with E-state index in [1.165, 1.54) is 141 Å². The van der Waals surface area contributed by atoms with Crippen molar-refractivity contribution in [3.63, 3.8) is 0 Å². The van der Waals surface area contributed by atoms with Crippen LogP contribution < -0.4 is 4.89 Å². The van der Waals surface area contributed by atoms with Gasteiger partial charge in [0.2, 0.25) is 0 Å².